The molecule has 2 aromatic rings. The number of pyridine rings is 1. The molecule has 1 saturated heterocycles. The molecular weight excluding hydrogens is 296 g/mol. The summed E-state index contributed by atoms with van der Waals surface area (Å²) in [5, 5.41) is 0.871. The summed E-state index contributed by atoms with van der Waals surface area (Å²) < 4.78 is 5.63. The second kappa shape index (κ2) is 6.21. The molecule has 23 heavy (non-hydrogen) atoms. The van der Waals surface area contributed by atoms with Crippen LogP contribution in [-0.2, 0) is 9.53 Å². The quantitative estimate of drug-likeness (QED) is 0.818. The molecule has 1 atom stereocenters. The van der Waals surface area contributed by atoms with Crippen molar-refractivity contribution in [3.63, 3.8) is 0 Å². The maximum atomic E-state index is 11.9. The predicted octanol–water partition coefficient (Wildman–Crippen LogP) is 0.790. The van der Waals surface area contributed by atoms with Gasteiger partial charge in [-0.05, 0) is 17.7 Å². The normalized spacial score (nSPS) is 18.6. The summed E-state index contributed by atoms with van der Waals surface area (Å²) in [4.78, 5) is 32.3. The van der Waals surface area contributed by atoms with Crippen LogP contribution in [0.15, 0.2) is 31.1 Å². The lowest BCUT2D eigenvalue weighted by Crippen LogP contribution is -2.34. The highest BCUT2D eigenvalue weighted by Crippen LogP contribution is 2.28. The highest BCUT2D eigenvalue weighted by molar-refractivity contribution is 6.03. The minimum absolute atomic E-state index is 0.0332. The Hall–Kier alpha value is -2.67. The van der Waals surface area contributed by atoms with Crippen molar-refractivity contribution in [3.05, 3.63) is 42.4 Å². The number of primary amides is 1. The van der Waals surface area contributed by atoms with Gasteiger partial charge < -0.3 is 20.4 Å². The number of nitrogens with zero attached hydrogens (tertiary/aromatic N) is 2. The van der Waals surface area contributed by atoms with Crippen LogP contribution in [0.2, 0.25) is 0 Å². The van der Waals surface area contributed by atoms with Crippen molar-refractivity contribution in [2.45, 2.75) is 5.92 Å². The fourth-order valence-electron chi connectivity index (χ4n) is 2.91. The number of amides is 2. The third-order valence-electron chi connectivity index (χ3n) is 4.05. The molecule has 1 aliphatic heterocycles. The van der Waals surface area contributed by atoms with Gasteiger partial charge in [-0.2, -0.15) is 0 Å². The van der Waals surface area contributed by atoms with Gasteiger partial charge in [0.25, 0.3) is 5.91 Å². The van der Waals surface area contributed by atoms with Gasteiger partial charge in [0.15, 0.2) is 5.69 Å². The number of fused-ring (bicyclic) bond motifs is 1. The van der Waals surface area contributed by atoms with Crippen LogP contribution < -0.4 is 5.73 Å². The van der Waals surface area contributed by atoms with E-state index in [1.807, 2.05) is 6.07 Å². The molecule has 0 bridgehead atoms. The highest BCUT2D eigenvalue weighted by Gasteiger charge is 2.25. The van der Waals surface area contributed by atoms with Gasteiger partial charge >= 0.3 is 0 Å². The number of rotatable bonds is 3. The van der Waals surface area contributed by atoms with Crippen molar-refractivity contribution >= 4 is 22.7 Å². The zero-order valence-corrected chi connectivity index (χ0v) is 12.6. The summed E-state index contributed by atoms with van der Waals surface area (Å²) in [5.41, 5.74) is 7.11. The number of aromatic nitrogens is 2. The molecular formula is C16H18N4O3. The zero-order chi connectivity index (χ0) is 16.4. The maximum absolute atomic E-state index is 11.9. The van der Waals surface area contributed by atoms with Gasteiger partial charge in [0.2, 0.25) is 5.91 Å². The number of hydrogen-bond donors (Lipinski definition) is 2. The van der Waals surface area contributed by atoms with Crippen LogP contribution in [-0.4, -0.2) is 53.0 Å². The first-order valence-corrected chi connectivity index (χ1v) is 7.36. The summed E-state index contributed by atoms with van der Waals surface area (Å²) in [5.74, 6) is -0.730. The predicted molar refractivity (Wildman–Crippen MR) is 84.9 cm³/mol. The summed E-state index contributed by atoms with van der Waals surface area (Å²) in [6.07, 6.45) is 4.70. The fourth-order valence-corrected chi connectivity index (χ4v) is 2.91. The molecule has 0 aromatic carbocycles. The van der Waals surface area contributed by atoms with E-state index >= 15 is 0 Å². The molecule has 3 heterocycles. The topological polar surface area (TPSA) is 101 Å². The Morgan fingerprint density at radius 2 is 2.35 bits per heavy atom. The van der Waals surface area contributed by atoms with Gasteiger partial charge in [-0.15, -0.1) is 0 Å². The molecule has 3 N–H and O–H groups in total. The van der Waals surface area contributed by atoms with Crippen molar-refractivity contribution in [1.29, 1.82) is 0 Å². The minimum Gasteiger partial charge on any atom is -0.379 e. The van der Waals surface area contributed by atoms with Crippen LogP contribution in [0.5, 0.6) is 0 Å². The third-order valence-corrected chi connectivity index (χ3v) is 4.05. The fraction of sp³-hybridized carbons (Fsp3) is 0.312. The largest absolute Gasteiger partial charge is 0.379 e. The number of nitrogens with two attached hydrogens (primary N) is 1. The summed E-state index contributed by atoms with van der Waals surface area (Å²) in [6, 6.07) is 1.88. The smallest absolute Gasteiger partial charge is 0.269 e. The standard InChI is InChI=1S/C16H18N4O3/c1-2-13(21)20-5-6-23-9-10(8-20)12-7-19-15(16(17)22)14-11(12)3-4-18-14/h2-4,7,10,18H,1,5-6,8-9H2,(H2,17,22)/t10-/m0/s1. The van der Waals surface area contributed by atoms with Crippen LogP contribution in [0.4, 0.5) is 0 Å². The molecule has 1 aliphatic rings. The molecule has 0 aliphatic carbocycles. The van der Waals surface area contributed by atoms with E-state index in [0.29, 0.717) is 31.8 Å². The van der Waals surface area contributed by atoms with E-state index in [9.17, 15) is 9.59 Å². The van der Waals surface area contributed by atoms with Crippen molar-refractivity contribution in [1.82, 2.24) is 14.9 Å². The van der Waals surface area contributed by atoms with Crippen molar-refractivity contribution in [2.24, 2.45) is 5.73 Å². The van der Waals surface area contributed by atoms with Crippen LogP contribution in [0.3, 0.4) is 0 Å². The van der Waals surface area contributed by atoms with E-state index in [-0.39, 0.29) is 17.5 Å². The minimum atomic E-state index is -0.579. The Labute approximate surface area is 133 Å². The Morgan fingerprint density at radius 3 is 3.09 bits per heavy atom. The summed E-state index contributed by atoms with van der Waals surface area (Å²) >= 11 is 0. The van der Waals surface area contributed by atoms with E-state index in [4.69, 9.17) is 10.5 Å². The molecule has 0 unspecified atom stereocenters. The van der Waals surface area contributed by atoms with Gasteiger partial charge in [-0.25, -0.2) is 4.98 Å². The molecule has 120 valence electrons. The Morgan fingerprint density at radius 1 is 1.52 bits per heavy atom. The molecule has 3 rings (SSSR count). The summed E-state index contributed by atoms with van der Waals surface area (Å²) in [7, 11) is 0. The number of aromatic amines is 1. The van der Waals surface area contributed by atoms with Gasteiger partial charge in [0, 0.05) is 36.8 Å². The van der Waals surface area contributed by atoms with Crippen molar-refractivity contribution in [2.75, 3.05) is 26.3 Å². The number of nitrogens with one attached hydrogen (secondary N) is 1. The molecule has 0 saturated carbocycles. The van der Waals surface area contributed by atoms with E-state index in [0.717, 1.165) is 10.9 Å². The van der Waals surface area contributed by atoms with E-state index in [1.54, 1.807) is 17.3 Å². The van der Waals surface area contributed by atoms with Gasteiger partial charge in [-0.1, -0.05) is 6.58 Å². The first-order valence-electron chi connectivity index (χ1n) is 7.36. The van der Waals surface area contributed by atoms with E-state index < -0.39 is 5.91 Å². The molecule has 7 nitrogen and oxygen atoms in total. The number of ether oxygens (including phenoxy) is 1. The molecule has 0 spiro atoms. The second-order valence-corrected chi connectivity index (χ2v) is 5.45. The van der Waals surface area contributed by atoms with Crippen LogP contribution in [0.25, 0.3) is 10.9 Å². The van der Waals surface area contributed by atoms with Crippen LogP contribution >= 0.6 is 0 Å². The van der Waals surface area contributed by atoms with Gasteiger partial charge in [-0.3, -0.25) is 9.59 Å². The SMILES string of the molecule is C=CC(=O)N1CCOC[C@@H](c2cnc(C(N)=O)c3[nH]ccc23)C1. The molecule has 7 heteroatoms. The molecule has 2 amide bonds. The lowest BCUT2D eigenvalue weighted by molar-refractivity contribution is -0.126. The molecule has 2 aromatic heterocycles. The maximum Gasteiger partial charge on any atom is 0.269 e. The number of carbonyl (C=O) groups excluding carboxylic acids is 2. The lowest BCUT2D eigenvalue weighted by atomic mass is 9.97. The lowest BCUT2D eigenvalue weighted by Gasteiger charge is -2.23. The third kappa shape index (κ3) is 2.83. The average Bonchev–Trinajstić information content (AvgIpc) is 2.90. The average molecular weight is 314 g/mol. The van der Waals surface area contributed by atoms with Gasteiger partial charge in [0.05, 0.1) is 18.7 Å². The monoisotopic (exact) mass is 314 g/mol. The summed E-state index contributed by atoms with van der Waals surface area (Å²) in [6.45, 7) is 5.56. The van der Waals surface area contributed by atoms with Crippen molar-refractivity contribution < 1.29 is 14.3 Å². The van der Waals surface area contributed by atoms with Gasteiger partial charge in [0.1, 0.15) is 0 Å². The van der Waals surface area contributed by atoms with E-state index in [2.05, 4.69) is 16.5 Å². The first-order chi connectivity index (χ1) is 11.1. The number of carbonyl (C=O) groups is 2. The van der Waals surface area contributed by atoms with Crippen LogP contribution in [0.1, 0.15) is 22.0 Å². The number of hydrogen-bond acceptors (Lipinski definition) is 4. The van der Waals surface area contributed by atoms with E-state index in [1.165, 1.54) is 6.08 Å². The van der Waals surface area contributed by atoms with Crippen LogP contribution in [0, 0.1) is 0 Å². The molecule has 1 fully saturated rings. The molecule has 0 radical (unpaired) electrons. The highest BCUT2D eigenvalue weighted by atomic mass is 16.5. The Balaban J connectivity index is 2.00. The Bertz CT molecular complexity index is 768. The first kappa shape index (κ1) is 15.2. The zero-order valence-electron chi connectivity index (χ0n) is 12.6. The number of H-pyrrole nitrogens is 1. The second-order valence-electron chi connectivity index (χ2n) is 5.45. The van der Waals surface area contributed by atoms with Crippen molar-refractivity contribution in [3.8, 4) is 0 Å². The Kier molecular flexibility index (Phi) is 4.12.